The minimum atomic E-state index is -0.253. The molecule has 1 amide bonds. The lowest BCUT2D eigenvalue weighted by Crippen LogP contribution is -2.40. The van der Waals surface area contributed by atoms with Crippen LogP contribution in [0.3, 0.4) is 0 Å². The van der Waals surface area contributed by atoms with Gasteiger partial charge in [-0.2, -0.15) is 0 Å². The van der Waals surface area contributed by atoms with Crippen LogP contribution in [0.2, 0.25) is 0 Å². The van der Waals surface area contributed by atoms with Crippen LogP contribution in [0, 0.1) is 0 Å². The highest BCUT2D eigenvalue weighted by Gasteiger charge is 2.16. The number of morpholine rings is 1. The van der Waals surface area contributed by atoms with Gasteiger partial charge in [-0.05, 0) is 20.0 Å². The molecule has 1 rings (SSSR count). The van der Waals surface area contributed by atoms with E-state index in [0.717, 1.165) is 6.42 Å². The Kier molecular flexibility index (Phi) is 6.67. The van der Waals surface area contributed by atoms with Gasteiger partial charge in [0.05, 0.1) is 26.9 Å². The van der Waals surface area contributed by atoms with Gasteiger partial charge in [-0.3, -0.25) is 14.5 Å². The second-order valence-corrected chi connectivity index (χ2v) is 4.41. The molecule has 0 atom stereocenters. The molecule has 0 spiro atoms. The summed E-state index contributed by atoms with van der Waals surface area (Å²) < 4.78 is 9.77. The Hall–Kier alpha value is -1.14. The third-order valence-corrected chi connectivity index (χ3v) is 2.92. The van der Waals surface area contributed by atoms with Gasteiger partial charge in [-0.15, -0.1) is 0 Å². The van der Waals surface area contributed by atoms with E-state index in [9.17, 15) is 9.59 Å². The Morgan fingerprint density at radius 3 is 2.61 bits per heavy atom. The second kappa shape index (κ2) is 8.05. The summed E-state index contributed by atoms with van der Waals surface area (Å²) in [6.45, 7) is 3.63. The third kappa shape index (κ3) is 5.46. The van der Waals surface area contributed by atoms with Crippen LogP contribution in [-0.4, -0.2) is 75.2 Å². The molecule has 0 aromatic heterocycles. The van der Waals surface area contributed by atoms with Crippen LogP contribution in [0.5, 0.6) is 0 Å². The monoisotopic (exact) mass is 258 g/mol. The van der Waals surface area contributed by atoms with Crippen molar-refractivity contribution in [1.29, 1.82) is 0 Å². The van der Waals surface area contributed by atoms with Gasteiger partial charge in [0.15, 0.2) is 0 Å². The molecule has 0 bridgehead atoms. The maximum Gasteiger partial charge on any atom is 0.319 e. The molecule has 0 aliphatic carbocycles. The molecule has 1 aliphatic heterocycles. The lowest BCUT2D eigenvalue weighted by Gasteiger charge is -2.27. The van der Waals surface area contributed by atoms with Gasteiger partial charge in [0.2, 0.25) is 5.91 Å². The van der Waals surface area contributed by atoms with Gasteiger partial charge in [-0.25, -0.2) is 0 Å². The van der Waals surface area contributed by atoms with Crippen molar-refractivity contribution in [3.63, 3.8) is 0 Å². The van der Waals surface area contributed by atoms with Crippen molar-refractivity contribution in [3.8, 4) is 0 Å². The van der Waals surface area contributed by atoms with E-state index in [-0.39, 0.29) is 18.4 Å². The van der Waals surface area contributed by atoms with Crippen molar-refractivity contribution in [3.05, 3.63) is 0 Å². The lowest BCUT2D eigenvalue weighted by atomic mass is 10.2. The number of carbonyl (C=O) groups is 2. The maximum atomic E-state index is 11.8. The van der Waals surface area contributed by atoms with Gasteiger partial charge < -0.3 is 14.4 Å². The zero-order valence-electron chi connectivity index (χ0n) is 11.2. The summed E-state index contributed by atoms with van der Waals surface area (Å²) in [5.41, 5.74) is 0. The zero-order chi connectivity index (χ0) is 13.4. The molecule has 1 fully saturated rings. The van der Waals surface area contributed by atoms with Crippen LogP contribution in [0.25, 0.3) is 0 Å². The number of amides is 1. The van der Waals surface area contributed by atoms with Crippen molar-refractivity contribution in [2.45, 2.75) is 12.8 Å². The Morgan fingerprint density at radius 1 is 1.33 bits per heavy atom. The first-order valence-electron chi connectivity index (χ1n) is 6.24. The van der Waals surface area contributed by atoms with Crippen LogP contribution in [0.4, 0.5) is 0 Å². The molecule has 1 saturated heterocycles. The number of hydrogen-bond donors (Lipinski definition) is 0. The third-order valence-electron chi connectivity index (χ3n) is 2.92. The largest absolute Gasteiger partial charge is 0.468 e. The summed E-state index contributed by atoms with van der Waals surface area (Å²) in [7, 11) is 3.22. The van der Waals surface area contributed by atoms with E-state index in [1.807, 2.05) is 16.8 Å². The van der Waals surface area contributed by atoms with E-state index in [1.54, 1.807) is 0 Å². The number of ether oxygens (including phenoxy) is 2. The fourth-order valence-corrected chi connectivity index (χ4v) is 1.84. The number of rotatable bonds is 6. The predicted octanol–water partition coefficient (Wildman–Crippen LogP) is -0.270. The first-order chi connectivity index (χ1) is 8.63. The molecule has 0 N–H and O–H groups in total. The summed E-state index contributed by atoms with van der Waals surface area (Å²) in [6, 6.07) is 0. The van der Waals surface area contributed by atoms with Crippen LogP contribution in [-0.2, 0) is 19.1 Å². The Balaban J connectivity index is 2.12. The molecule has 0 aromatic carbocycles. The topological polar surface area (TPSA) is 59.1 Å². The fourth-order valence-electron chi connectivity index (χ4n) is 1.84. The molecule has 6 heteroatoms. The van der Waals surface area contributed by atoms with Gasteiger partial charge in [0, 0.05) is 19.5 Å². The average molecular weight is 258 g/mol. The van der Waals surface area contributed by atoms with E-state index >= 15 is 0 Å². The van der Waals surface area contributed by atoms with Gasteiger partial charge >= 0.3 is 5.97 Å². The Morgan fingerprint density at radius 2 is 2.00 bits per heavy atom. The Bertz CT molecular complexity index is 277. The molecule has 0 unspecified atom stereocenters. The first kappa shape index (κ1) is 14.9. The van der Waals surface area contributed by atoms with E-state index in [1.165, 1.54) is 7.11 Å². The number of methoxy groups -OCH3 is 1. The van der Waals surface area contributed by atoms with Gasteiger partial charge in [-0.1, -0.05) is 0 Å². The van der Waals surface area contributed by atoms with Gasteiger partial charge in [0.25, 0.3) is 0 Å². The highest BCUT2D eigenvalue weighted by molar-refractivity contribution is 5.76. The SMILES string of the molecule is COC(=O)CN(C)CCCC(=O)N1CCOCC1. The fraction of sp³-hybridized carbons (Fsp3) is 0.833. The minimum absolute atomic E-state index is 0.171. The van der Waals surface area contributed by atoms with Gasteiger partial charge in [0.1, 0.15) is 0 Å². The highest BCUT2D eigenvalue weighted by atomic mass is 16.5. The molecule has 1 aliphatic rings. The van der Waals surface area contributed by atoms with Crippen LogP contribution in [0.15, 0.2) is 0 Å². The lowest BCUT2D eigenvalue weighted by molar-refractivity contribution is -0.141. The Labute approximate surface area is 108 Å². The van der Waals surface area contributed by atoms with Crippen molar-refractivity contribution in [1.82, 2.24) is 9.80 Å². The van der Waals surface area contributed by atoms with Crippen LogP contribution < -0.4 is 0 Å². The van der Waals surface area contributed by atoms with Crippen molar-refractivity contribution < 1.29 is 19.1 Å². The zero-order valence-corrected chi connectivity index (χ0v) is 11.2. The average Bonchev–Trinajstić information content (AvgIpc) is 2.39. The summed E-state index contributed by atoms with van der Waals surface area (Å²) in [5.74, 6) is -0.0817. The van der Waals surface area contributed by atoms with Crippen molar-refractivity contribution in [2.75, 3.05) is 53.6 Å². The first-order valence-corrected chi connectivity index (χ1v) is 6.24. The van der Waals surface area contributed by atoms with E-state index in [2.05, 4.69) is 4.74 Å². The maximum absolute atomic E-state index is 11.8. The predicted molar refractivity (Wildman–Crippen MR) is 66.1 cm³/mol. The van der Waals surface area contributed by atoms with Crippen LogP contribution >= 0.6 is 0 Å². The summed E-state index contributed by atoms with van der Waals surface area (Å²) in [4.78, 5) is 26.5. The molecule has 0 saturated carbocycles. The number of likely N-dealkylation sites (N-methyl/N-ethyl adjacent to an activating group) is 1. The van der Waals surface area contributed by atoms with Crippen molar-refractivity contribution in [2.24, 2.45) is 0 Å². The second-order valence-electron chi connectivity index (χ2n) is 4.41. The number of hydrogen-bond acceptors (Lipinski definition) is 5. The standard InChI is InChI=1S/C12H22N2O4/c1-13(10-12(16)17-2)5-3-4-11(15)14-6-8-18-9-7-14/h3-10H2,1-2H3. The number of esters is 1. The molecule has 18 heavy (non-hydrogen) atoms. The van der Waals surface area contributed by atoms with Crippen LogP contribution in [0.1, 0.15) is 12.8 Å². The smallest absolute Gasteiger partial charge is 0.319 e. The van der Waals surface area contributed by atoms with Crippen molar-refractivity contribution >= 4 is 11.9 Å². The summed E-state index contributed by atoms with van der Waals surface area (Å²) in [6.07, 6.45) is 1.27. The molecular weight excluding hydrogens is 236 g/mol. The number of nitrogens with zero attached hydrogens (tertiary/aromatic N) is 2. The highest BCUT2D eigenvalue weighted by Crippen LogP contribution is 2.03. The summed E-state index contributed by atoms with van der Waals surface area (Å²) in [5, 5.41) is 0. The normalized spacial score (nSPS) is 15.8. The minimum Gasteiger partial charge on any atom is -0.468 e. The molecular formula is C12H22N2O4. The van der Waals surface area contributed by atoms with E-state index in [0.29, 0.717) is 39.3 Å². The van der Waals surface area contributed by atoms with E-state index in [4.69, 9.17) is 4.74 Å². The number of carbonyl (C=O) groups excluding carboxylic acids is 2. The summed E-state index contributed by atoms with van der Waals surface area (Å²) >= 11 is 0. The van der Waals surface area contributed by atoms with E-state index < -0.39 is 0 Å². The quantitative estimate of drug-likeness (QED) is 0.614. The molecule has 6 nitrogen and oxygen atoms in total. The molecule has 104 valence electrons. The molecule has 0 radical (unpaired) electrons. The molecule has 0 aromatic rings. The molecule has 1 heterocycles.